The molecular formula is C28H34F3N3O6. The van der Waals surface area contributed by atoms with Gasteiger partial charge in [-0.15, -0.1) is 0 Å². The molecule has 0 radical (unpaired) electrons. The first-order chi connectivity index (χ1) is 18.9. The highest BCUT2D eigenvalue weighted by molar-refractivity contribution is 5.99. The van der Waals surface area contributed by atoms with Crippen molar-refractivity contribution in [1.29, 1.82) is 0 Å². The Balaban J connectivity index is 1.53. The van der Waals surface area contributed by atoms with Gasteiger partial charge in [0.2, 0.25) is 12.7 Å². The monoisotopic (exact) mass is 565 g/mol. The maximum absolute atomic E-state index is 13.5. The van der Waals surface area contributed by atoms with Crippen molar-refractivity contribution in [3.05, 3.63) is 47.5 Å². The predicted molar refractivity (Wildman–Crippen MR) is 140 cm³/mol. The average Bonchev–Trinajstić information content (AvgIpc) is 3.37. The van der Waals surface area contributed by atoms with Crippen molar-refractivity contribution in [2.75, 3.05) is 38.9 Å². The number of nitrogens with one attached hydrogen (secondary N) is 1. The summed E-state index contributed by atoms with van der Waals surface area (Å²) in [5.74, 6) is 0.381. The molecule has 2 aliphatic heterocycles. The van der Waals surface area contributed by atoms with E-state index < -0.39 is 36.9 Å². The van der Waals surface area contributed by atoms with Crippen LogP contribution in [0.1, 0.15) is 42.6 Å². The molecule has 0 bridgehead atoms. The van der Waals surface area contributed by atoms with Crippen LogP contribution < -0.4 is 19.5 Å². The van der Waals surface area contributed by atoms with E-state index in [0.717, 1.165) is 5.56 Å². The normalized spacial score (nSPS) is 19.5. The number of alkyl halides is 3. The lowest BCUT2D eigenvalue weighted by Crippen LogP contribution is -2.49. The van der Waals surface area contributed by atoms with E-state index in [9.17, 15) is 27.9 Å². The molecule has 0 fully saturated rings. The van der Waals surface area contributed by atoms with Crippen LogP contribution in [-0.4, -0.2) is 78.6 Å². The third-order valence-electron chi connectivity index (χ3n) is 6.97. The van der Waals surface area contributed by atoms with Gasteiger partial charge in [0.15, 0.2) is 11.5 Å². The number of fused-ring (bicyclic) bond motifs is 2. The number of aliphatic hydroxyl groups excluding tert-OH is 1. The van der Waals surface area contributed by atoms with E-state index >= 15 is 0 Å². The summed E-state index contributed by atoms with van der Waals surface area (Å²) in [6, 6.07) is 9.73. The number of anilines is 1. The molecule has 12 heteroatoms. The zero-order chi connectivity index (χ0) is 29.0. The van der Waals surface area contributed by atoms with Crippen molar-refractivity contribution in [1.82, 2.24) is 9.80 Å². The Bertz CT molecular complexity index is 1220. The Kier molecular flexibility index (Phi) is 9.09. The quantitative estimate of drug-likeness (QED) is 0.473. The van der Waals surface area contributed by atoms with Gasteiger partial charge < -0.3 is 29.5 Å². The Labute approximate surface area is 230 Å². The van der Waals surface area contributed by atoms with Gasteiger partial charge in [-0.2, -0.15) is 13.2 Å². The molecule has 2 aromatic carbocycles. The summed E-state index contributed by atoms with van der Waals surface area (Å²) in [6.45, 7) is 5.08. The number of amides is 2. The van der Waals surface area contributed by atoms with Crippen molar-refractivity contribution in [3.8, 4) is 17.2 Å². The van der Waals surface area contributed by atoms with Crippen LogP contribution in [0.25, 0.3) is 0 Å². The van der Waals surface area contributed by atoms with Crippen molar-refractivity contribution in [2.45, 2.75) is 51.6 Å². The topological polar surface area (TPSA) is 101 Å². The molecular weight excluding hydrogens is 531 g/mol. The highest BCUT2D eigenvalue weighted by Crippen LogP contribution is 2.34. The summed E-state index contributed by atoms with van der Waals surface area (Å²) in [7, 11) is 1.96. The molecule has 2 heterocycles. The second kappa shape index (κ2) is 12.3. The Morgan fingerprint density at radius 2 is 1.90 bits per heavy atom. The van der Waals surface area contributed by atoms with Crippen LogP contribution >= 0.6 is 0 Å². The number of hydrogen-bond donors (Lipinski definition) is 2. The number of ether oxygens (including phenoxy) is 3. The molecule has 2 aromatic rings. The SMILES string of the molecule is C[C@@H]1CN([C@@H](C)CO)C(=O)c2cc(NC(=O)CCC(F)(F)F)ccc2O[C@@H]1CN(C)Cc1ccc2c(c1)OCO2. The van der Waals surface area contributed by atoms with Gasteiger partial charge in [-0.3, -0.25) is 14.5 Å². The number of rotatable bonds is 9. The number of hydrogen-bond acceptors (Lipinski definition) is 7. The standard InChI is InChI=1S/C28H34F3N3O6/c1-17-12-34(18(2)15-35)27(37)21-11-20(32-26(36)8-9-28(29,30)31)5-7-22(21)40-25(17)14-33(3)13-19-4-6-23-24(10-19)39-16-38-23/h4-7,10-11,17-18,25,35H,8-9,12-16H2,1-3H3,(H,32,36)/t17-,18+,25-/m1/s1. The summed E-state index contributed by atoms with van der Waals surface area (Å²) < 4.78 is 54.8. The largest absolute Gasteiger partial charge is 0.488 e. The van der Waals surface area contributed by atoms with Gasteiger partial charge in [-0.1, -0.05) is 13.0 Å². The van der Waals surface area contributed by atoms with Gasteiger partial charge in [0.05, 0.1) is 24.6 Å². The van der Waals surface area contributed by atoms with E-state index in [1.165, 1.54) is 18.2 Å². The van der Waals surface area contributed by atoms with Crippen LogP contribution in [-0.2, 0) is 11.3 Å². The molecule has 2 N–H and O–H groups in total. The lowest BCUT2D eigenvalue weighted by molar-refractivity contribution is -0.142. The molecule has 40 heavy (non-hydrogen) atoms. The van der Waals surface area contributed by atoms with Crippen LogP contribution in [0.2, 0.25) is 0 Å². The first-order valence-electron chi connectivity index (χ1n) is 13.1. The Morgan fingerprint density at radius 3 is 2.62 bits per heavy atom. The highest BCUT2D eigenvalue weighted by Gasteiger charge is 2.34. The fourth-order valence-corrected chi connectivity index (χ4v) is 4.72. The van der Waals surface area contributed by atoms with Crippen molar-refractivity contribution >= 4 is 17.5 Å². The van der Waals surface area contributed by atoms with Gasteiger partial charge in [0.1, 0.15) is 11.9 Å². The maximum Gasteiger partial charge on any atom is 0.389 e. The number of carbonyl (C=O) groups excluding carboxylic acids is 2. The number of carbonyl (C=O) groups is 2. The molecule has 9 nitrogen and oxygen atoms in total. The molecule has 0 saturated heterocycles. The van der Waals surface area contributed by atoms with Gasteiger partial charge in [0, 0.05) is 37.7 Å². The minimum atomic E-state index is -4.45. The molecule has 0 saturated carbocycles. The molecule has 3 atom stereocenters. The molecule has 0 unspecified atom stereocenters. The summed E-state index contributed by atoms with van der Waals surface area (Å²) >= 11 is 0. The summed E-state index contributed by atoms with van der Waals surface area (Å²) in [5.41, 5.74) is 1.37. The number of aliphatic hydroxyl groups is 1. The second-order valence-electron chi connectivity index (χ2n) is 10.4. The molecule has 0 aromatic heterocycles. The van der Waals surface area contributed by atoms with Gasteiger partial charge >= 0.3 is 6.18 Å². The first-order valence-corrected chi connectivity index (χ1v) is 13.1. The van der Waals surface area contributed by atoms with Crippen molar-refractivity contribution in [3.63, 3.8) is 0 Å². The second-order valence-corrected chi connectivity index (χ2v) is 10.4. The van der Waals surface area contributed by atoms with Crippen LogP contribution in [0.15, 0.2) is 36.4 Å². The first kappa shape index (κ1) is 29.5. The van der Waals surface area contributed by atoms with Crippen LogP contribution in [0.4, 0.5) is 18.9 Å². The Hall–Kier alpha value is -3.51. The molecule has 0 spiro atoms. The van der Waals surface area contributed by atoms with Crippen LogP contribution in [0.3, 0.4) is 0 Å². The van der Waals surface area contributed by atoms with E-state index in [4.69, 9.17) is 14.2 Å². The lowest BCUT2D eigenvalue weighted by atomic mass is 9.99. The van der Waals surface area contributed by atoms with E-state index in [1.54, 1.807) is 11.8 Å². The lowest BCUT2D eigenvalue weighted by Gasteiger charge is -2.38. The van der Waals surface area contributed by atoms with Crippen molar-refractivity contribution in [2.24, 2.45) is 5.92 Å². The summed E-state index contributed by atoms with van der Waals surface area (Å²) in [6.07, 6.45) is -6.76. The Morgan fingerprint density at radius 1 is 1.18 bits per heavy atom. The molecule has 218 valence electrons. The molecule has 0 aliphatic carbocycles. The van der Waals surface area contributed by atoms with Gasteiger partial charge in [-0.25, -0.2) is 0 Å². The predicted octanol–water partition coefficient (Wildman–Crippen LogP) is 4.05. The average molecular weight is 566 g/mol. The molecule has 2 aliphatic rings. The smallest absolute Gasteiger partial charge is 0.389 e. The number of nitrogens with zero attached hydrogens (tertiary/aromatic N) is 2. The van der Waals surface area contributed by atoms with E-state index in [2.05, 4.69) is 10.2 Å². The van der Waals surface area contributed by atoms with Crippen LogP contribution in [0, 0.1) is 5.92 Å². The zero-order valence-electron chi connectivity index (χ0n) is 22.7. The van der Waals surface area contributed by atoms with Gasteiger partial charge in [-0.05, 0) is 49.9 Å². The highest BCUT2D eigenvalue weighted by atomic mass is 19.4. The fourth-order valence-electron chi connectivity index (χ4n) is 4.72. The van der Waals surface area contributed by atoms with E-state index in [1.807, 2.05) is 32.2 Å². The minimum Gasteiger partial charge on any atom is -0.488 e. The minimum absolute atomic E-state index is 0.105. The van der Waals surface area contributed by atoms with E-state index in [-0.39, 0.29) is 36.7 Å². The maximum atomic E-state index is 13.5. The molecule has 2 amide bonds. The summed E-state index contributed by atoms with van der Waals surface area (Å²) in [5, 5.41) is 12.3. The van der Waals surface area contributed by atoms with Crippen LogP contribution in [0.5, 0.6) is 17.2 Å². The fraction of sp³-hybridized carbons (Fsp3) is 0.500. The third-order valence-corrected chi connectivity index (χ3v) is 6.97. The summed E-state index contributed by atoms with van der Waals surface area (Å²) in [4.78, 5) is 29.3. The number of benzene rings is 2. The van der Waals surface area contributed by atoms with E-state index in [0.29, 0.717) is 36.9 Å². The number of halogens is 3. The van der Waals surface area contributed by atoms with Crippen molar-refractivity contribution < 1.29 is 42.1 Å². The number of likely N-dealkylation sites (N-methyl/N-ethyl adjacent to an activating group) is 1. The molecule has 4 rings (SSSR count). The zero-order valence-corrected chi connectivity index (χ0v) is 22.7. The van der Waals surface area contributed by atoms with Gasteiger partial charge in [0.25, 0.3) is 5.91 Å². The third kappa shape index (κ3) is 7.36.